The maximum absolute atomic E-state index is 12.8. The van der Waals surface area contributed by atoms with E-state index < -0.39 is 0 Å². The zero-order valence-electron chi connectivity index (χ0n) is 15.1. The average molecular weight is 359 g/mol. The van der Waals surface area contributed by atoms with Crippen LogP contribution in [0.1, 0.15) is 43.7 Å². The smallest absolute Gasteiger partial charge is 0.235 e. The van der Waals surface area contributed by atoms with Gasteiger partial charge in [0.25, 0.3) is 0 Å². The van der Waals surface area contributed by atoms with Gasteiger partial charge in [-0.3, -0.25) is 4.79 Å². The molecule has 134 valence electrons. The lowest BCUT2D eigenvalue weighted by atomic mass is 10.1. The predicted molar refractivity (Wildman–Crippen MR) is 99.0 cm³/mol. The predicted octanol–water partition coefficient (Wildman–Crippen LogP) is 3.16. The quantitative estimate of drug-likeness (QED) is 0.785. The van der Waals surface area contributed by atoms with E-state index in [4.69, 9.17) is 0 Å². The Morgan fingerprint density at radius 3 is 2.60 bits per heavy atom. The van der Waals surface area contributed by atoms with Crippen molar-refractivity contribution >= 4 is 17.7 Å². The first-order valence-corrected chi connectivity index (χ1v) is 9.75. The lowest BCUT2D eigenvalue weighted by Gasteiger charge is -2.23. The molecule has 2 aromatic rings. The number of tetrazole rings is 1. The number of carbonyl (C=O) groups excluding carboxylic acids is 1. The first-order valence-electron chi connectivity index (χ1n) is 8.87. The van der Waals surface area contributed by atoms with Crippen LogP contribution in [0.4, 0.5) is 0 Å². The molecule has 1 aromatic carbocycles. The molecule has 3 rings (SSSR count). The topological polar surface area (TPSA) is 63.9 Å². The third-order valence-electron chi connectivity index (χ3n) is 4.58. The summed E-state index contributed by atoms with van der Waals surface area (Å²) in [5.74, 6) is 0.183. The third kappa shape index (κ3) is 4.21. The molecule has 0 bridgehead atoms. The Morgan fingerprint density at radius 2 is 1.88 bits per heavy atom. The van der Waals surface area contributed by atoms with Crippen molar-refractivity contribution in [3.05, 3.63) is 29.3 Å². The van der Waals surface area contributed by atoms with Crippen LogP contribution in [0.25, 0.3) is 5.69 Å². The van der Waals surface area contributed by atoms with Crippen LogP contribution in [0.5, 0.6) is 0 Å². The highest BCUT2D eigenvalue weighted by atomic mass is 32.2. The summed E-state index contributed by atoms with van der Waals surface area (Å²) in [4.78, 5) is 14.8. The number of hydrogen-bond donors (Lipinski definition) is 0. The number of thioether (sulfide) groups is 1. The molecule has 6 nitrogen and oxygen atoms in total. The van der Waals surface area contributed by atoms with Gasteiger partial charge in [-0.1, -0.05) is 36.7 Å². The molecule has 0 spiro atoms. The summed E-state index contributed by atoms with van der Waals surface area (Å²) in [6, 6.07) is 6.20. The average Bonchev–Trinajstić information content (AvgIpc) is 2.88. The van der Waals surface area contributed by atoms with Gasteiger partial charge < -0.3 is 4.90 Å². The fourth-order valence-corrected chi connectivity index (χ4v) is 3.99. The Hall–Kier alpha value is -1.89. The van der Waals surface area contributed by atoms with Crippen LogP contribution in [0.3, 0.4) is 0 Å². The van der Waals surface area contributed by atoms with Gasteiger partial charge in [0.2, 0.25) is 11.1 Å². The van der Waals surface area contributed by atoms with E-state index in [1.165, 1.54) is 24.6 Å². The molecule has 1 aliphatic rings. The molecule has 1 fully saturated rings. The molecule has 0 saturated carbocycles. The molecular weight excluding hydrogens is 334 g/mol. The lowest BCUT2D eigenvalue weighted by Crippen LogP contribution is -2.37. The van der Waals surface area contributed by atoms with E-state index in [2.05, 4.69) is 33.7 Å². The van der Waals surface area contributed by atoms with Crippen molar-refractivity contribution in [3.63, 3.8) is 0 Å². The van der Waals surface area contributed by atoms with E-state index in [9.17, 15) is 4.79 Å². The Labute approximate surface area is 153 Å². The highest BCUT2D eigenvalue weighted by Crippen LogP contribution is 2.26. The van der Waals surface area contributed by atoms with E-state index >= 15 is 0 Å². The van der Waals surface area contributed by atoms with Crippen molar-refractivity contribution in [2.24, 2.45) is 0 Å². The number of amides is 1. The van der Waals surface area contributed by atoms with Gasteiger partial charge in [0.1, 0.15) is 0 Å². The molecule has 0 unspecified atom stereocenters. The van der Waals surface area contributed by atoms with Crippen LogP contribution >= 0.6 is 11.8 Å². The zero-order chi connectivity index (χ0) is 17.8. The van der Waals surface area contributed by atoms with Crippen LogP contribution in [0.15, 0.2) is 23.4 Å². The molecule has 0 radical (unpaired) electrons. The fraction of sp³-hybridized carbons (Fsp3) is 0.556. The molecule has 1 saturated heterocycles. The normalized spacial score (nSPS) is 16.5. The Morgan fingerprint density at radius 1 is 1.16 bits per heavy atom. The van der Waals surface area contributed by atoms with Crippen LogP contribution in [0, 0.1) is 13.8 Å². The van der Waals surface area contributed by atoms with Crippen molar-refractivity contribution < 1.29 is 4.79 Å². The molecule has 1 atom stereocenters. The van der Waals surface area contributed by atoms with Crippen molar-refractivity contribution in [1.82, 2.24) is 25.1 Å². The number of carbonyl (C=O) groups is 1. The number of likely N-dealkylation sites (tertiary alicyclic amines) is 1. The van der Waals surface area contributed by atoms with Crippen molar-refractivity contribution in [1.29, 1.82) is 0 Å². The van der Waals surface area contributed by atoms with Crippen molar-refractivity contribution in [2.45, 2.75) is 56.9 Å². The van der Waals surface area contributed by atoms with Crippen LogP contribution in [0.2, 0.25) is 0 Å². The van der Waals surface area contributed by atoms with E-state index in [0.717, 1.165) is 42.7 Å². The molecule has 1 amide bonds. The largest absolute Gasteiger partial charge is 0.342 e. The third-order valence-corrected chi connectivity index (χ3v) is 5.60. The minimum absolute atomic E-state index is 0.183. The second-order valence-electron chi connectivity index (χ2n) is 6.66. The van der Waals surface area contributed by atoms with Crippen LogP contribution < -0.4 is 0 Å². The van der Waals surface area contributed by atoms with Crippen LogP contribution in [-0.2, 0) is 4.79 Å². The van der Waals surface area contributed by atoms with Crippen LogP contribution in [-0.4, -0.2) is 49.4 Å². The van der Waals surface area contributed by atoms with E-state index in [0.29, 0.717) is 5.16 Å². The summed E-state index contributed by atoms with van der Waals surface area (Å²) >= 11 is 1.43. The molecule has 2 heterocycles. The van der Waals surface area contributed by atoms with Gasteiger partial charge in [0.15, 0.2) is 0 Å². The number of hydrogen-bond acceptors (Lipinski definition) is 5. The number of nitrogens with zero attached hydrogens (tertiary/aromatic N) is 5. The van der Waals surface area contributed by atoms with Gasteiger partial charge in [-0.2, -0.15) is 4.68 Å². The van der Waals surface area contributed by atoms with Gasteiger partial charge in [-0.05, 0) is 61.2 Å². The lowest BCUT2D eigenvalue weighted by molar-refractivity contribution is -0.130. The minimum Gasteiger partial charge on any atom is -0.342 e. The first kappa shape index (κ1) is 17.9. The number of rotatable bonds is 4. The summed E-state index contributed by atoms with van der Waals surface area (Å²) in [6.07, 6.45) is 4.64. The number of benzene rings is 1. The summed E-state index contributed by atoms with van der Waals surface area (Å²) < 4.78 is 1.74. The maximum atomic E-state index is 12.8. The zero-order valence-corrected chi connectivity index (χ0v) is 15.9. The second-order valence-corrected chi connectivity index (χ2v) is 7.97. The van der Waals surface area contributed by atoms with E-state index in [-0.39, 0.29) is 11.2 Å². The Kier molecular flexibility index (Phi) is 5.73. The molecule has 25 heavy (non-hydrogen) atoms. The van der Waals surface area contributed by atoms with Gasteiger partial charge in [0.05, 0.1) is 10.9 Å². The van der Waals surface area contributed by atoms with Gasteiger partial charge in [0, 0.05) is 13.1 Å². The summed E-state index contributed by atoms with van der Waals surface area (Å²) in [5.41, 5.74) is 3.22. The highest BCUT2D eigenvalue weighted by Gasteiger charge is 2.24. The minimum atomic E-state index is -0.201. The fourth-order valence-electron chi connectivity index (χ4n) is 3.11. The second kappa shape index (κ2) is 7.99. The summed E-state index contributed by atoms with van der Waals surface area (Å²) in [7, 11) is 0. The first-order chi connectivity index (χ1) is 12.1. The van der Waals surface area contributed by atoms with Crippen molar-refractivity contribution in [3.8, 4) is 5.69 Å². The monoisotopic (exact) mass is 359 g/mol. The molecule has 7 heteroatoms. The van der Waals surface area contributed by atoms with Crippen molar-refractivity contribution in [2.75, 3.05) is 13.1 Å². The standard InChI is InChI=1S/C18H25N5OS/c1-13-8-9-14(2)16(12-13)23-18(19-20-21-23)25-15(3)17(24)22-10-6-4-5-7-11-22/h8-9,12,15H,4-7,10-11H2,1-3H3/t15-/m0/s1. The Balaban J connectivity index is 1.76. The number of aromatic nitrogens is 4. The van der Waals surface area contributed by atoms with Gasteiger partial charge in [-0.15, -0.1) is 5.10 Å². The van der Waals surface area contributed by atoms with E-state index in [1.54, 1.807) is 4.68 Å². The van der Waals surface area contributed by atoms with Gasteiger partial charge in [-0.25, -0.2) is 0 Å². The molecule has 0 aliphatic carbocycles. The molecular formula is C18H25N5OS. The molecule has 0 N–H and O–H groups in total. The SMILES string of the molecule is Cc1ccc(C)c(-n2nnnc2S[C@@H](C)C(=O)N2CCCCCC2)c1. The van der Waals surface area contributed by atoms with Gasteiger partial charge >= 0.3 is 0 Å². The molecule has 1 aliphatic heterocycles. The maximum Gasteiger partial charge on any atom is 0.235 e. The Bertz CT molecular complexity index is 737. The number of aryl methyl sites for hydroxylation is 2. The van der Waals surface area contributed by atoms with E-state index in [1.807, 2.05) is 25.7 Å². The summed E-state index contributed by atoms with van der Waals surface area (Å²) in [5, 5.41) is 12.6. The summed E-state index contributed by atoms with van der Waals surface area (Å²) in [6.45, 7) is 7.76. The highest BCUT2D eigenvalue weighted by molar-refractivity contribution is 8.00. The molecule has 1 aromatic heterocycles.